The van der Waals surface area contributed by atoms with Crippen LogP contribution in [0.1, 0.15) is 26.5 Å². The second kappa shape index (κ2) is 2.84. The summed E-state index contributed by atoms with van der Waals surface area (Å²) in [6.45, 7) is 6.49. The van der Waals surface area contributed by atoms with Crippen molar-refractivity contribution in [1.82, 2.24) is 14.4 Å². The molecule has 0 saturated heterocycles. The second-order valence-corrected chi connectivity index (χ2v) is 4.96. The van der Waals surface area contributed by atoms with Gasteiger partial charge in [0.25, 0.3) is 0 Å². The minimum atomic E-state index is 0.0344. The minimum absolute atomic E-state index is 0.0344. The summed E-state index contributed by atoms with van der Waals surface area (Å²) in [6.07, 6.45) is 3.38. The molecule has 0 aliphatic carbocycles. The Hall–Kier alpha value is -1.84. The maximum atomic E-state index is 5.30. The van der Waals surface area contributed by atoms with Crippen LogP contribution in [-0.2, 0) is 5.41 Å². The maximum Gasteiger partial charge on any atom is 0.185 e. The number of imidazole rings is 1. The third kappa shape index (κ3) is 1.16. The van der Waals surface area contributed by atoms with Crippen LogP contribution in [0.25, 0.3) is 16.9 Å². The Morgan fingerprint density at radius 3 is 2.75 bits per heavy atom. The summed E-state index contributed by atoms with van der Waals surface area (Å²) in [6, 6.07) is 3.85. The number of fused-ring (bicyclic) bond motifs is 3. The molecule has 4 heteroatoms. The van der Waals surface area contributed by atoms with Gasteiger partial charge in [-0.15, -0.1) is 0 Å². The molecule has 3 aromatic rings. The number of pyridine rings is 1. The van der Waals surface area contributed by atoms with E-state index in [1.165, 1.54) is 6.39 Å². The Bertz CT molecular complexity index is 658. The van der Waals surface area contributed by atoms with E-state index < -0.39 is 0 Å². The van der Waals surface area contributed by atoms with Crippen LogP contribution in [0.4, 0.5) is 0 Å². The maximum absolute atomic E-state index is 5.30. The van der Waals surface area contributed by atoms with E-state index >= 15 is 0 Å². The van der Waals surface area contributed by atoms with Gasteiger partial charge in [0, 0.05) is 11.6 Å². The van der Waals surface area contributed by atoms with Gasteiger partial charge in [-0.25, -0.2) is 4.98 Å². The van der Waals surface area contributed by atoms with Crippen molar-refractivity contribution in [3.8, 4) is 0 Å². The van der Waals surface area contributed by atoms with Crippen LogP contribution in [-0.4, -0.2) is 14.4 Å². The lowest BCUT2D eigenvalue weighted by Crippen LogP contribution is -2.14. The third-order valence-electron chi connectivity index (χ3n) is 2.73. The van der Waals surface area contributed by atoms with Gasteiger partial charge in [0.15, 0.2) is 17.6 Å². The zero-order valence-electron chi connectivity index (χ0n) is 9.56. The molecule has 0 unspecified atom stereocenters. The smallest absolute Gasteiger partial charge is 0.185 e. The third-order valence-corrected chi connectivity index (χ3v) is 2.73. The SMILES string of the molecule is CC(C)(C)c1cnc2ccc3ocnc3n12. The first kappa shape index (κ1) is 9.39. The van der Waals surface area contributed by atoms with Crippen LogP contribution in [0.2, 0.25) is 0 Å². The fourth-order valence-corrected chi connectivity index (χ4v) is 1.92. The summed E-state index contributed by atoms with van der Waals surface area (Å²) in [7, 11) is 0. The van der Waals surface area contributed by atoms with Gasteiger partial charge in [-0.05, 0) is 12.1 Å². The lowest BCUT2D eigenvalue weighted by Gasteiger charge is -2.17. The van der Waals surface area contributed by atoms with Crippen molar-refractivity contribution in [1.29, 1.82) is 0 Å². The van der Waals surface area contributed by atoms with Gasteiger partial charge < -0.3 is 4.42 Å². The molecule has 4 nitrogen and oxygen atoms in total. The van der Waals surface area contributed by atoms with E-state index in [-0.39, 0.29) is 5.41 Å². The molecule has 16 heavy (non-hydrogen) atoms. The normalized spacial score (nSPS) is 12.7. The molecular formula is C12H13N3O. The zero-order valence-corrected chi connectivity index (χ0v) is 9.56. The molecule has 3 aromatic heterocycles. The molecule has 0 aromatic carbocycles. The first-order valence-corrected chi connectivity index (χ1v) is 5.27. The van der Waals surface area contributed by atoms with Crippen molar-refractivity contribution in [3.05, 3.63) is 30.4 Å². The fourth-order valence-electron chi connectivity index (χ4n) is 1.92. The van der Waals surface area contributed by atoms with Gasteiger partial charge in [-0.3, -0.25) is 4.40 Å². The van der Waals surface area contributed by atoms with Crippen molar-refractivity contribution in [2.75, 3.05) is 0 Å². The molecule has 0 amide bonds. The quantitative estimate of drug-likeness (QED) is 0.579. The summed E-state index contributed by atoms with van der Waals surface area (Å²) in [4.78, 5) is 8.65. The number of hydrogen-bond donors (Lipinski definition) is 0. The van der Waals surface area contributed by atoms with E-state index in [9.17, 15) is 0 Å². The van der Waals surface area contributed by atoms with E-state index in [0.29, 0.717) is 0 Å². The molecule has 0 fully saturated rings. The predicted octanol–water partition coefficient (Wildman–Crippen LogP) is 2.77. The minimum Gasteiger partial charge on any atom is -0.442 e. The molecule has 0 atom stereocenters. The van der Waals surface area contributed by atoms with Gasteiger partial charge in [0.05, 0.1) is 5.69 Å². The van der Waals surface area contributed by atoms with Crippen molar-refractivity contribution >= 4 is 16.9 Å². The Balaban J connectivity index is 2.51. The van der Waals surface area contributed by atoms with Gasteiger partial charge in [0.2, 0.25) is 0 Å². The van der Waals surface area contributed by atoms with Crippen LogP contribution < -0.4 is 0 Å². The monoisotopic (exact) mass is 215 g/mol. The highest BCUT2D eigenvalue weighted by Crippen LogP contribution is 2.26. The highest BCUT2D eigenvalue weighted by atomic mass is 16.3. The highest BCUT2D eigenvalue weighted by Gasteiger charge is 2.20. The number of hydrogen-bond acceptors (Lipinski definition) is 3. The average Bonchev–Trinajstić information content (AvgIpc) is 2.81. The molecule has 0 saturated carbocycles. The van der Waals surface area contributed by atoms with E-state index in [1.54, 1.807) is 0 Å². The fraction of sp³-hybridized carbons (Fsp3) is 0.333. The standard InChI is InChI=1S/C12H13N3O/c1-12(2,3)9-6-13-10-5-4-8-11(15(9)10)14-7-16-8/h4-7H,1-3H3. The molecule has 0 N–H and O–H groups in total. The molecule has 82 valence electrons. The largest absolute Gasteiger partial charge is 0.442 e. The molecule has 0 aliphatic heterocycles. The van der Waals surface area contributed by atoms with E-state index in [4.69, 9.17) is 4.42 Å². The van der Waals surface area contributed by atoms with Crippen LogP contribution >= 0.6 is 0 Å². The first-order chi connectivity index (χ1) is 7.57. The summed E-state index contributed by atoms with van der Waals surface area (Å²) in [5, 5.41) is 0. The molecule has 3 heterocycles. The average molecular weight is 215 g/mol. The van der Waals surface area contributed by atoms with Crippen LogP contribution in [0.15, 0.2) is 29.1 Å². The highest BCUT2D eigenvalue weighted by molar-refractivity contribution is 5.73. The van der Waals surface area contributed by atoms with E-state index in [2.05, 4.69) is 35.1 Å². The Morgan fingerprint density at radius 1 is 1.19 bits per heavy atom. The topological polar surface area (TPSA) is 43.3 Å². The van der Waals surface area contributed by atoms with Crippen molar-refractivity contribution < 1.29 is 4.42 Å². The number of oxazole rings is 1. The van der Waals surface area contributed by atoms with Gasteiger partial charge in [-0.2, -0.15) is 4.98 Å². The van der Waals surface area contributed by atoms with Gasteiger partial charge >= 0.3 is 0 Å². The summed E-state index contributed by atoms with van der Waals surface area (Å²) in [5.74, 6) is 0. The van der Waals surface area contributed by atoms with Crippen molar-refractivity contribution in [2.45, 2.75) is 26.2 Å². The number of aromatic nitrogens is 3. The van der Waals surface area contributed by atoms with E-state index in [1.807, 2.05) is 18.3 Å². The molecule has 3 rings (SSSR count). The Labute approximate surface area is 92.9 Å². The van der Waals surface area contributed by atoms with Crippen LogP contribution in [0.3, 0.4) is 0 Å². The summed E-state index contributed by atoms with van der Waals surface area (Å²) in [5.41, 5.74) is 3.70. The first-order valence-electron chi connectivity index (χ1n) is 5.27. The van der Waals surface area contributed by atoms with Gasteiger partial charge in [0.1, 0.15) is 5.65 Å². The Morgan fingerprint density at radius 2 is 2.00 bits per heavy atom. The number of rotatable bonds is 0. The molecule has 0 radical (unpaired) electrons. The van der Waals surface area contributed by atoms with E-state index in [0.717, 1.165) is 22.6 Å². The van der Waals surface area contributed by atoms with Crippen LogP contribution in [0, 0.1) is 0 Å². The molecular weight excluding hydrogens is 202 g/mol. The zero-order chi connectivity index (χ0) is 11.3. The summed E-state index contributed by atoms with van der Waals surface area (Å²) >= 11 is 0. The molecule has 0 bridgehead atoms. The number of nitrogens with zero attached hydrogens (tertiary/aromatic N) is 3. The molecule has 0 aliphatic rings. The second-order valence-electron chi connectivity index (χ2n) is 4.96. The van der Waals surface area contributed by atoms with Gasteiger partial charge in [-0.1, -0.05) is 20.8 Å². The van der Waals surface area contributed by atoms with Crippen molar-refractivity contribution in [3.63, 3.8) is 0 Å². The summed E-state index contributed by atoms with van der Waals surface area (Å²) < 4.78 is 7.36. The van der Waals surface area contributed by atoms with Crippen LogP contribution in [0.5, 0.6) is 0 Å². The Kier molecular flexibility index (Phi) is 1.67. The lowest BCUT2D eigenvalue weighted by atomic mass is 9.93. The molecule has 0 spiro atoms. The van der Waals surface area contributed by atoms with Crippen molar-refractivity contribution in [2.24, 2.45) is 0 Å². The lowest BCUT2D eigenvalue weighted by molar-refractivity contribution is 0.565. The predicted molar refractivity (Wildman–Crippen MR) is 61.5 cm³/mol.